The van der Waals surface area contributed by atoms with E-state index >= 15 is 0 Å². The third-order valence-electron chi connectivity index (χ3n) is 5.63. The van der Waals surface area contributed by atoms with Crippen molar-refractivity contribution in [3.05, 3.63) is 82.2 Å². The Balaban J connectivity index is 1.70. The first-order chi connectivity index (χ1) is 14.9. The third kappa shape index (κ3) is 3.26. The molecule has 5 rings (SSSR count). The van der Waals surface area contributed by atoms with E-state index in [0.29, 0.717) is 0 Å². The van der Waals surface area contributed by atoms with Gasteiger partial charge in [0.05, 0.1) is 0 Å². The van der Waals surface area contributed by atoms with E-state index in [1.807, 2.05) is 18.2 Å². The topological polar surface area (TPSA) is 61.8 Å². The van der Waals surface area contributed by atoms with Crippen molar-refractivity contribution in [2.45, 2.75) is 19.3 Å². The van der Waals surface area contributed by atoms with E-state index < -0.39 is 11.8 Å². The monoisotopic (exact) mass is 492 g/mol. The second-order valence-corrected chi connectivity index (χ2v) is 9.79. The van der Waals surface area contributed by atoms with E-state index in [1.165, 1.54) is 5.56 Å². The quantitative estimate of drug-likeness (QED) is 0.328. The van der Waals surface area contributed by atoms with Crippen LogP contribution in [0.4, 0.5) is 16.4 Å². The van der Waals surface area contributed by atoms with Crippen molar-refractivity contribution in [2.24, 2.45) is 4.99 Å². The van der Waals surface area contributed by atoms with Gasteiger partial charge in [0.25, 0.3) is 0 Å². The van der Waals surface area contributed by atoms with Gasteiger partial charge >= 0.3 is 187 Å². The molecule has 0 saturated heterocycles. The van der Waals surface area contributed by atoms with Crippen molar-refractivity contribution in [1.29, 1.82) is 0 Å². The van der Waals surface area contributed by atoms with E-state index in [1.54, 1.807) is 17.4 Å². The first kappa shape index (κ1) is 19.9. The zero-order valence-electron chi connectivity index (χ0n) is 16.9. The fourth-order valence-electron chi connectivity index (χ4n) is 4.08. The molecule has 2 aliphatic heterocycles. The van der Waals surface area contributed by atoms with Crippen LogP contribution in [0.5, 0.6) is 0 Å². The summed E-state index contributed by atoms with van der Waals surface area (Å²) in [5, 5.41) is 3.65. The van der Waals surface area contributed by atoms with Gasteiger partial charge in [0.1, 0.15) is 0 Å². The molecule has 1 radical (unpaired) electrons. The molecule has 7 heteroatoms. The number of amides is 2. The molecule has 1 N–H and O–H groups in total. The van der Waals surface area contributed by atoms with Crippen molar-refractivity contribution < 1.29 is 9.59 Å². The number of hydrogen-bond donors (Lipinski definition) is 1. The van der Waals surface area contributed by atoms with Gasteiger partial charge in [0.15, 0.2) is 0 Å². The number of aliphatic imine (C=N–C) groups is 1. The molecule has 2 aromatic carbocycles. The van der Waals surface area contributed by atoms with Crippen molar-refractivity contribution in [3.63, 3.8) is 0 Å². The van der Waals surface area contributed by atoms with Gasteiger partial charge in [-0.25, -0.2) is 0 Å². The van der Waals surface area contributed by atoms with Crippen LogP contribution in [-0.2, 0) is 15.0 Å². The Morgan fingerprint density at radius 1 is 1.03 bits per heavy atom. The van der Waals surface area contributed by atoms with Crippen LogP contribution in [0.1, 0.15) is 29.9 Å². The van der Waals surface area contributed by atoms with Crippen molar-refractivity contribution in [3.8, 4) is 0 Å². The van der Waals surface area contributed by atoms with Gasteiger partial charge in [0.2, 0.25) is 0 Å². The SMILES string of the molecule is CC1(C)c2ccccc2N(c2ccccc2)c2sc(/C=C3/C(=O)N=C([Se])NC3=O)cc21. The molecular weight excluding hydrogens is 473 g/mol. The van der Waals surface area contributed by atoms with Gasteiger partial charge < -0.3 is 0 Å². The number of carbonyl (C=O) groups excluding carboxylic acids is 2. The molecule has 0 aliphatic carbocycles. The molecule has 3 aromatic rings. The number of nitrogens with one attached hydrogen (secondary N) is 1. The third-order valence-corrected chi connectivity index (χ3v) is 7.10. The van der Waals surface area contributed by atoms with E-state index in [4.69, 9.17) is 0 Å². The van der Waals surface area contributed by atoms with Crippen LogP contribution >= 0.6 is 11.3 Å². The van der Waals surface area contributed by atoms with Crippen LogP contribution in [0.15, 0.2) is 71.2 Å². The van der Waals surface area contributed by atoms with Gasteiger partial charge in [-0.3, -0.25) is 0 Å². The number of rotatable bonds is 2. The number of para-hydroxylation sites is 2. The summed E-state index contributed by atoms with van der Waals surface area (Å²) in [4.78, 5) is 31.6. The Kier molecular flexibility index (Phi) is 4.70. The normalized spacial score (nSPS) is 18.3. The van der Waals surface area contributed by atoms with E-state index in [9.17, 15) is 9.59 Å². The predicted molar refractivity (Wildman–Crippen MR) is 125 cm³/mol. The molecule has 0 unspecified atom stereocenters. The Hall–Kier alpha value is -2.99. The molecule has 2 aliphatic rings. The summed E-state index contributed by atoms with van der Waals surface area (Å²) < 4.78 is 0.199. The van der Waals surface area contributed by atoms with Crippen molar-refractivity contribution in [2.75, 3.05) is 4.90 Å². The average Bonchev–Trinajstić information content (AvgIpc) is 3.16. The molecule has 31 heavy (non-hydrogen) atoms. The molecular formula is C24H18N3O2SSe. The first-order valence-electron chi connectivity index (χ1n) is 9.78. The van der Waals surface area contributed by atoms with Gasteiger partial charge in [-0.05, 0) is 0 Å². The number of anilines is 3. The number of benzene rings is 2. The van der Waals surface area contributed by atoms with Crippen LogP contribution < -0.4 is 10.2 Å². The Morgan fingerprint density at radius 2 is 1.74 bits per heavy atom. The first-order valence-corrected chi connectivity index (χ1v) is 11.5. The number of fused-ring (bicyclic) bond motifs is 2. The van der Waals surface area contributed by atoms with E-state index in [-0.39, 0.29) is 15.7 Å². The molecule has 0 atom stereocenters. The molecule has 153 valence electrons. The van der Waals surface area contributed by atoms with Gasteiger partial charge in [-0.1, -0.05) is 6.07 Å². The molecule has 0 fully saturated rings. The zero-order chi connectivity index (χ0) is 21.8. The number of nitrogens with zero attached hydrogens (tertiary/aromatic N) is 2. The summed E-state index contributed by atoms with van der Waals surface area (Å²) in [5.41, 5.74) is 4.39. The standard InChI is InChI=1S/C24H18N3O2SSe/c1-24(2)17-10-6-7-11-19(17)27(14-8-4-3-5-9-14)22-18(24)13-15(30-22)12-16-20(28)25-23(31)26-21(16)29/h3-13H,1-2H3,(H,25,26,28,29). The molecule has 5 nitrogen and oxygen atoms in total. The molecule has 0 spiro atoms. The van der Waals surface area contributed by atoms with Crippen molar-refractivity contribution in [1.82, 2.24) is 5.32 Å². The number of carbonyl (C=O) groups is 2. The fraction of sp³-hybridized carbons (Fsp3) is 0.125. The maximum atomic E-state index is 12.3. The Labute approximate surface area is 192 Å². The minimum atomic E-state index is -0.536. The van der Waals surface area contributed by atoms with Crippen LogP contribution in [0.3, 0.4) is 0 Å². The summed E-state index contributed by atoms with van der Waals surface area (Å²) in [7, 11) is 0. The summed E-state index contributed by atoms with van der Waals surface area (Å²) >= 11 is 4.14. The summed E-state index contributed by atoms with van der Waals surface area (Å²) in [6.07, 6.45) is 1.64. The molecule has 2 amide bonds. The summed E-state index contributed by atoms with van der Waals surface area (Å²) in [6, 6.07) is 20.7. The minimum absolute atomic E-state index is 0.0409. The molecule has 0 saturated carbocycles. The second-order valence-electron chi connectivity index (χ2n) is 7.91. The van der Waals surface area contributed by atoms with E-state index in [2.05, 4.69) is 87.5 Å². The van der Waals surface area contributed by atoms with Crippen LogP contribution in [0, 0.1) is 0 Å². The molecule has 0 bridgehead atoms. The van der Waals surface area contributed by atoms with Crippen LogP contribution in [0.25, 0.3) is 6.08 Å². The molecule has 1 aromatic heterocycles. The number of hydrogen-bond acceptors (Lipinski definition) is 4. The zero-order valence-corrected chi connectivity index (χ0v) is 19.4. The van der Waals surface area contributed by atoms with Crippen LogP contribution in [-0.4, -0.2) is 32.6 Å². The average molecular weight is 491 g/mol. The summed E-state index contributed by atoms with van der Waals surface area (Å²) in [6.45, 7) is 4.41. The van der Waals surface area contributed by atoms with Crippen LogP contribution in [0.2, 0.25) is 0 Å². The van der Waals surface area contributed by atoms with Gasteiger partial charge in [0, 0.05) is 0 Å². The predicted octanol–water partition coefficient (Wildman–Crippen LogP) is 4.42. The number of thiophene rings is 1. The fourth-order valence-corrected chi connectivity index (χ4v) is 5.75. The maximum absolute atomic E-state index is 12.3. The Morgan fingerprint density at radius 3 is 2.48 bits per heavy atom. The Bertz CT molecular complexity index is 1290. The van der Waals surface area contributed by atoms with E-state index in [0.717, 1.165) is 26.8 Å². The van der Waals surface area contributed by atoms with Crippen molar-refractivity contribution >= 4 is 66.3 Å². The molecule has 3 heterocycles. The second kappa shape index (κ2) is 7.31. The van der Waals surface area contributed by atoms with Gasteiger partial charge in [-0.2, -0.15) is 0 Å². The number of amidine groups is 1. The summed E-state index contributed by atoms with van der Waals surface area (Å²) in [5.74, 6) is -0.978. The van der Waals surface area contributed by atoms with Gasteiger partial charge in [-0.15, -0.1) is 0 Å².